The van der Waals surface area contributed by atoms with Crippen molar-refractivity contribution in [2.45, 2.75) is 50.0 Å². The third-order valence-electron chi connectivity index (χ3n) is 8.93. The van der Waals surface area contributed by atoms with Crippen molar-refractivity contribution in [1.82, 2.24) is 9.97 Å². The van der Waals surface area contributed by atoms with E-state index in [-0.39, 0.29) is 23.4 Å². The summed E-state index contributed by atoms with van der Waals surface area (Å²) < 4.78 is 21.3. The van der Waals surface area contributed by atoms with Crippen LogP contribution in [0.1, 0.15) is 43.2 Å². The van der Waals surface area contributed by atoms with Gasteiger partial charge in [-0.25, -0.2) is 4.39 Å². The molecule has 1 N–H and O–H groups in total. The summed E-state index contributed by atoms with van der Waals surface area (Å²) in [5, 5.41) is 0. The third-order valence-corrected chi connectivity index (χ3v) is 8.93. The van der Waals surface area contributed by atoms with Crippen LogP contribution in [-0.4, -0.2) is 75.9 Å². The summed E-state index contributed by atoms with van der Waals surface area (Å²) >= 11 is 0. The van der Waals surface area contributed by atoms with Crippen molar-refractivity contribution >= 4 is 29.0 Å². The molecule has 0 unspecified atom stereocenters. The number of piperidine rings is 2. The van der Waals surface area contributed by atoms with Crippen LogP contribution in [0.25, 0.3) is 0 Å². The topological polar surface area (TPSA) is 85.0 Å². The van der Waals surface area contributed by atoms with E-state index < -0.39 is 5.41 Å². The van der Waals surface area contributed by atoms with Gasteiger partial charge in [-0.2, -0.15) is 4.98 Å². The first-order chi connectivity index (χ1) is 17.8. The molecule has 0 radical (unpaired) electrons. The van der Waals surface area contributed by atoms with Gasteiger partial charge in [0.25, 0.3) is 5.56 Å². The van der Waals surface area contributed by atoms with Crippen molar-refractivity contribution in [2.24, 2.45) is 0 Å². The zero-order chi connectivity index (χ0) is 25.9. The minimum Gasteiger partial charge on any atom is -0.381 e. The number of H-pyrrole nitrogens is 1. The fourth-order valence-electron chi connectivity index (χ4n) is 6.71. The number of benzene rings is 1. The number of rotatable bonds is 3. The summed E-state index contributed by atoms with van der Waals surface area (Å²) in [6.07, 6.45) is 4.65. The summed E-state index contributed by atoms with van der Waals surface area (Å²) in [5.74, 6) is 0.902. The standard InChI is InChI=1S/C27H35FN6O3/c1-31-10-4-5-19-23(31)29-26(30-24(19)35)34-13-8-27(9-14-34)22-20(28)15-17(16-21(22)32(2)25(27)36)33-11-6-18(37-3)7-12-33/h15-16,18H,4-14H2,1-3H3,(H,29,30,35). The Hall–Kier alpha value is -3.14. The predicted octanol–water partition coefficient (Wildman–Crippen LogP) is 2.42. The average molecular weight is 511 g/mol. The molecule has 0 bridgehead atoms. The molecular formula is C27H35FN6O3. The highest BCUT2D eigenvalue weighted by molar-refractivity contribution is 6.08. The van der Waals surface area contributed by atoms with Crippen LogP contribution in [0.15, 0.2) is 16.9 Å². The van der Waals surface area contributed by atoms with E-state index in [9.17, 15) is 9.59 Å². The Kier molecular flexibility index (Phi) is 5.89. The molecule has 2 saturated heterocycles. The van der Waals surface area contributed by atoms with Crippen molar-refractivity contribution in [3.8, 4) is 0 Å². The summed E-state index contributed by atoms with van der Waals surface area (Å²) in [4.78, 5) is 42.0. The van der Waals surface area contributed by atoms with Gasteiger partial charge in [-0.3, -0.25) is 14.6 Å². The molecule has 6 rings (SSSR count). The van der Waals surface area contributed by atoms with Crippen molar-refractivity contribution in [2.75, 3.05) is 73.5 Å². The van der Waals surface area contributed by atoms with Gasteiger partial charge in [0.1, 0.15) is 11.6 Å². The number of hydrogen-bond donors (Lipinski definition) is 1. The number of carbonyl (C=O) groups is 1. The highest BCUT2D eigenvalue weighted by Crippen LogP contribution is 2.50. The number of hydrogen-bond acceptors (Lipinski definition) is 7. The Labute approximate surface area is 216 Å². The Bertz CT molecular complexity index is 1280. The van der Waals surface area contributed by atoms with Crippen LogP contribution in [0.4, 0.5) is 27.5 Å². The van der Waals surface area contributed by atoms with Crippen molar-refractivity contribution in [1.29, 1.82) is 0 Å². The molecule has 1 spiro atoms. The minimum atomic E-state index is -0.891. The Morgan fingerprint density at radius 3 is 2.49 bits per heavy atom. The van der Waals surface area contributed by atoms with Gasteiger partial charge in [0.15, 0.2) is 0 Å². The van der Waals surface area contributed by atoms with Crippen molar-refractivity contribution in [3.63, 3.8) is 0 Å². The van der Waals surface area contributed by atoms with Gasteiger partial charge < -0.3 is 24.3 Å². The molecular weight excluding hydrogens is 475 g/mol. The normalized spacial score (nSPS) is 21.6. The number of ether oxygens (including phenoxy) is 1. The van der Waals surface area contributed by atoms with E-state index in [4.69, 9.17) is 9.72 Å². The van der Waals surface area contributed by atoms with Crippen LogP contribution < -0.4 is 25.2 Å². The highest BCUT2D eigenvalue weighted by Gasteiger charge is 2.53. The monoisotopic (exact) mass is 510 g/mol. The van der Waals surface area contributed by atoms with E-state index >= 15 is 4.39 Å². The molecule has 0 atom stereocenters. The SMILES string of the molecule is COC1CCN(c2cc(F)c3c(c2)N(C)C(=O)C32CCN(c3nc4c(c(=O)[nH]3)CCCN4C)CC2)CC1. The molecule has 1 aromatic carbocycles. The number of halogens is 1. The second kappa shape index (κ2) is 9.01. The van der Waals surface area contributed by atoms with Gasteiger partial charge in [-0.05, 0) is 50.7 Å². The number of methoxy groups -OCH3 is 1. The molecule has 198 valence electrons. The predicted molar refractivity (Wildman–Crippen MR) is 142 cm³/mol. The number of nitrogens with one attached hydrogen (secondary N) is 1. The largest absolute Gasteiger partial charge is 0.381 e. The summed E-state index contributed by atoms with van der Waals surface area (Å²) in [6, 6.07) is 3.58. The summed E-state index contributed by atoms with van der Waals surface area (Å²) in [5.41, 5.74) is 1.75. The third kappa shape index (κ3) is 3.79. The van der Waals surface area contributed by atoms with Crippen molar-refractivity contribution in [3.05, 3.63) is 39.4 Å². The lowest BCUT2D eigenvalue weighted by Gasteiger charge is -2.39. The van der Waals surface area contributed by atoms with Gasteiger partial charge in [0.2, 0.25) is 11.9 Å². The fourth-order valence-corrected chi connectivity index (χ4v) is 6.71. The highest BCUT2D eigenvalue weighted by atomic mass is 19.1. The lowest BCUT2D eigenvalue weighted by Crippen LogP contribution is -2.49. The van der Waals surface area contributed by atoms with Gasteiger partial charge >= 0.3 is 0 Å². The van der Waals surface area contributed by atoms with Crippen LogP contribution in [-0.2, 0) is 21.4 Å². The van der Waals surface area contributed by atoms with E-state index in [2.05, 4.69) is 9.88 Å². The van der Waals surface area contributed by atoms with E-state index in [1.807, 2.05) is 22.9 Å². The van der Waals surface area contributed by atoms with Gasteiger partial charge in [-0.15, -0.1) is 0 Å². The molecule has 2 fully saturated rings. The van der Waals surface area contributed by atoms with E-state index in [1.165, 1.54) is 0 Å². The molecule has 1 aromatic heterocycles. The second-order valence-electron chi connectivity index (χ2n) is 10.9. The molecule has 0 aliphatic carbocycles. The van der Waals surface area contributed by atoms with Crippen LogP contribution in [0.2, 0.25) is 0 Å². The van der Waals surface area contributed by atoms with Gasteiger partial charge in [0, 0.05) is 65.2 Å². The average Bonchev–Trinajstić information content (AvgIpc) is 3.11. The van der Waals surface area contributed by atoms with Gasteiger partial charge in [-0.1, -0.05) is 0 Å². The maximum atomic E-state index is 15.8. The smallest absolute Gasteiger partial charge is 0.257 e. The molecule has 4 aliphatic rings. The number of likely N-dealkylation sites (N-methyl/N-ethyl adjacent to an activating group) is 1. The van der Waals surface area contributed by atoms with E-state index in [1.54, 1.807) is 25.1 Å². The van der Waals surface area contributed by atoms with Crippen LogP contribution in [0.5, 0.6) is 0 Å². The first-order valence-electron chi connectivity index (χ1n) is 13.3. The van der Waals surface area contributed by atoms with Gasteiger partial charge in [0.05, 0.1) is 22.8 Å². The molecule has 2 aromatic rings. The number of amides is 1. The molecule has 5 heterocycles. The number of fused-ring (bicyclic) bond motifs is 3. The molecule has 4 aliphatic heterocycles. The molecule has 0 saturated carbocycles. The molecule has 37 heavy (non-hydrogen) atoms. The summed E-state index contributed by atoms with van der Waals surface area (Å²) in [7, 11) is 5.44. The number of carbonyl (C=O) groups excluding carboxylic acids is 1. The number of anilines is 4. The number of nitrogens with zero attached hydrogens (tertiary/aromatic N) is 5. The molecule has 10 heteroatoms. The quantitative estimate of drug-likeness (QED) is 0.679. The maximum Gasteiger partial charge on any atom is 0.257 e. The van der Waals surface area contributed by atoms with Crippen molar-refractivity contribution < 1.29 is 13.9 Å². The fraction of sp³-hybridized carbons (Fsp3) is 0.593. The lowest BCUT2D eigenvalue weighted by molar-refractivity contribution is -0.123. The number of aromatic amines is 1. The Balaban J connectivity index is 1.26. The zero-order valence-electron chi connectivity index (χ0n) is 21.8. The molecule has 9 nitrogen and oxygen atoms in total. The van der Waals surface area contributed by atoms with E-state index in [0.29, 0.717) is 43.1 Å². The Morgan fingerprint density at radius 2 is 1.78 bits per heavy atom. The maximum absolute atomic E-state index is 15.8. The van der Waals surface area contributed by atoms with Crippen LogP contribution >= 0.6 is 0 Å². The second-order valence-corrected chi connectivity index (χ2v) is 10.9. The first kappa shape index (κ1) is 24.2. The Morgan fingerprint density at radius 1 is 1.05 bits per heavy atom. The minimum absolute atomic E-state index is 0.0529. The first-order valence-corrected chi connectivity index (χ1v) is 13.3. The zero-order valence-corrected chi connectivity index (χ0v) is 21.8. The molecule has 1 amide bonds. The summed E-state index contributed by atoms with van der Waals surface area (Å²) in [6.45, 7) is 3.49. The van der Waals surface area contributed by atoms with E-state index in [0.717, 1.165) is 62.4 Å². The van der Waals surface area contributed by atoms with Crippen LogP contribution in [0.3, 0.4) is 0 Å². The number of aromatic nitrogens is 2. The lowest BCUT2D eigenvalue weighted by atomic mass is 9.73. The van der Waals surface area contributed by atoms with Crippen LogP contribution in [0, 0.1) is 5.82 Å².